The lowest BCUT2D eigenvalue weighted by molar-refractivity contribution is 0.179. The molecule has 0 saturated heterocycles. The van der Waals surface area contributed by atoms with Crippen molar-refractivity contribution in [3.63, 3.8) is 0 Å². The van der Waals surface area contributed by atoms with Crippen LogP contribution < -0.4 is 0 Å². The number of rotatable bonds is 5. The Balaban J connectivity index is 1.75. The number of nitrogens with zero attached hydrogens (tertiary/aromatic N) is 1. The number of benzene rings is 2. The van der Waals surface area contributed by atoms with Gasteiger partial charge in [-0.1, -0.05) is 41.9 Å². The molecule has 1 aromatic heterocycles. The number of thioether (sulfide) groups is 1. The van der Waals surface area contributed by atoms with Crippen LogP contribution in [0.15, 0.2) is 53.4 Å². The van der Waals surface area contributed by atoms with Crippen molar-refractivity contribution in [3.05, 3.63) is 64.8 Å². The lowest BCUT2D eigenvalue weighted by Gasteiger charge is -2.15. The van der Waals surface area contributed by atoms with Gasteiger partial charge < -0.3 is 9.67 Å². The zero-order valence-corrected chi connectivity index (χ0v) is 14.9. The van der Waals surface area contributed by atoms with E-state index >= 15 is 0 Å². The van der Waals surface area contributed by atoms with E-state index in [1.165, 1.54) is 22.2 Å². The fourth-order valence-corrected chi connectivity index (χ4v) is 4.01. The van der Waals surface area contributed by atoms with Gasteiger partial charge in [-0.05, 0) is 37.6 Å². The molecule has 3 rings (SSSR count). The predicted molar refractivity (Wildman–Crippen MR) is 99.6 cm³/mol. The molecule has 0 spiro atoms. The summed E-state index contributed by atoms with van der Waals surface area (Å²) in [5, 5.41) is 12.5. The number of aliphatic hydroxyl groups is 1. The molecule has 1 atom stereocenters. The Hall–Kier alpha value is -1.42. The van der Waals surface area contributed by atoms with Crippen LogP contribution in [0.25, 0.3) is 10.9 Å². The smallest absolute Gasteiger partial charge is 0.0812 e. The highest BCUT2D eigenvalue weighted by Gasteiger charge is 2.14. The summed E-state index contributed by atoms with van der Waals surface area (Å²) in [4.78, 5) is 1.01. The molecule has 0 aliphatic heterocycles. The lowest BCUT2D eigenvalue weighted by atomic mass is 10.2. The Morgan fingerprint density at radius 1 is 1.09 bits per heavy atom. The largest absolute Gasteiger partial charge is 0.390 e. The first kappa shape index (κ1) is 16.4. The van der Waals surface area contributed by atoms with Gasteiger partial charge in [0.05, 0.1) is 11.1 Å². The maximum absolute atomic E-state index is 10.5. The van der Waals surface area contributed by atoms with Gasteiger partial charge in [-0.15, -0.1) is 11.8 Å². The first-order valence-corrected chi connectivity index (χ1v) is 9.04. The molecule has 0 aliphatic carbocycles. The second-order valence-electron chi connectivity index (χ2n) is 5.73. The third-order valence-electron chi connectivity index (χ3n) is 4.21. The Bertz CT molecular complexity index is 827. The summed E-state index contributed by atoms with van der Waals surface area (Å²) in [6.45, 7) is 4.85. The van der Waals surface area contributed by atoms with Gasteiger partial charge in [0.1, 0.15) is 0 Å². The summed E-state index contributed by atoms with van der Waals surface area (Å²) in [5.41, 5.74) is 3.68. The Morgan fingerprint density at radius 2 is 1.78 bits per heavy atom. The summed E-state index contributed by atoms with van der Waals surface area (Å²) < 4.78 is 2.21. The van der Waals surface area contributed by atoms with Crippen molar-refractivity contribution < 1.29 is 5.11 Å². The maximum Gasteiger partial charge on any atom is 0.0812 e. The molecule has 4 heteroatoms. The van der Waals surface area contributed by atoms with Crippen LogP contribution in [0.4, 0.5) is 0 Å². The van der Waals surface area contributed by atoms with Gasteiger partial charge in [0.15, 0.2) is 0 Å². The zero-order valence-electron chi connectivity index (χ0n) is 13.3. The molecule has 0 amide bonds. The normalized spacial score (nSPS) is 12.7. The minimum Gasteiger partial charge on any atom is -0.390 e. The number of aromatic nitrogens is 1. The van der Waals surface area contributed by atoms with E-state index in [1.54, 1.807) is 11.8 Å². The number of fused-ring (bicyclic) bond motifs is 1. The first-order valence-electron chi connectivity index (χ1n) is 7.67. The number of halogens is 1. The van der Waals surface area contributed by atoms with Crippen LogP contribution in [-0.2, 0) is 6.54 Å². The standard InChI is InChI=1S/C19H20ClNOS/c1-13-14(2)21(18-9-5-3-7-16(13)18)11-15(22)12-23-19-10-6-4-8-17(19)20/h3-10,15,22H,11-12H2,1-2H3. The van der Waals surface area contributed by atoms with Gasteiger partial charge in [-0.3, -0.25) is 0 Å². The molecule has 0 bridgehead atoms. The Labute approximate surface area is 146 Å². The highest BCUT2D eigenvalue weighted by Crippen LogP contribution is 2.28. The van der Waals surface area contributed by atoms with Gasteiger partial charge in [0.2, 0.25) is 0 Å². The highest BCUT2D eigenvalue weighted by molar-refractivity contribution is 7.99. The van der Waals surface area contributed by atoms with E-state index in [4.69, 9.17) is 11.6 Å². The van der Waals surface area contributed by atoms with Crippen molar-refractivity contribution in [1.82, 2.24) is 4.57 Å². The average Bonchev–Trinajstić information content (AvgIpc) is 2.80. The predicted octanol–water partition coefficient (Wildman–Crippen LogP) is 5.06. The summed E-state index contributed by atoms with van der Waals surface area (Å²) >= 11 is 7.76. The van der Waals surface area contributed by atoms with Crippen molar-refractivity contribution in [1.29, 1.82) is 0 Å². The molecular weight excluding hydrogens is 326 g/mol. The molecule has 1 heterocycles. The van der Waals surface area contributed by atoms with Crippen molar-refractivity contribution in [2.45, 2.75) is 31.4 Å². The fraction of sp³-hybridized carbons (Fsp3) is 0.263. The quantitative estimate of drug-likeness (QED) is 0.653. The summed E-state index contributed by atoms with van der Waals surface area (Å²) in [5.74, 6) is 0.620. The minimum atomic E-state index is -0.426. The summed E-state index contributed by atoms with van der Waals surface area (Å²) in [6.07, 6.45) is -0.426. The molecule has 0 aliphatic rings. The summed E-state index contributed by atoms with van der Waals surface area (Å²) in [7, 11) is 0. The van der Waals surface area contributed by atoms with Crippen LogP contribution in [0.5, 0.6) is 0 Å². The molecule has 0 radical (unpaired) electrons. The third-order valence-corrected chi connectivity index (χ3v) is 5.87. The third kappa shape index (κ3) is 3.42. The van der Waals surface area contributed by atoms with E-state index in [2.05, 4.69) is 36.6 Å². The van der Waals surface area contributed by atoms with Gasteiger partial charge in [-0.2, -0.15) is 0 Å². The second-order valence-corrected chi connectivity index (χ2v) is 7.20. The number of para-hydroxylation sites is 1. The van der Waals surface area contributed by atoms with Crippen LogP contribution in [0.1, 0.15) is 11.3 Å². The topological polar surface area (TPSA) is 25.2 Å². The molecular formula is C19H20ClNOS. The SMILES string of the molecule is Cc1c(C)n(CC(O)CSc2ccccc2Cl)c2ccccc12. The molecule has 0 saturated carbocycles. The van der Waals surface area contributed by atoms with Gasteiger partial charge in [0.25, 0.3) is 0 Å². The van der Waals surface area contributed by atoms with Crippen LogP contribution in [-0.4, -0.2) is 21.5 Å². The van der Waals surface area contributed by atoms with E-state index in [0.717, 1.165) is 9.92 Å². The highest BCUT2D eigenvalue weighted by atomic mass is 35.5. The van der Waals surface area contributed by atoms with E-state index in [0.29, 0.717) is 12.3 Å². The van der Waals surface area contributed by atoms with Crippen LogP contribution in [0.3, 0.4) is 0 Å². The average molecular weight is 346 g/mol. The molecule has 0 fully saturated rings. The second kappa shape index (κ2) is 7.00. The van der Waals surface area contributed by atoms with Crippen LogP contribution in [0.2, 0.25) is 5.02 Å². The van der Waals surface area contributed by atoms with Crippen molar-refractivity contribution >= 4 is 34.3 Å². The minimum absolute atomic E-state index is 0.426. The number of aryl methyl sites for hydroxylation is 1. The van der Waals surface area contributed by atoms with Gasteiger partial charge in [-0.25, -0.2) is 0 Å². The molecule has 2 aromatic carbocycles. The number of aliphatic hydroxyl groups excluding tert-OH is 1. The number of hydrogen-bond donors (Lipinski definition) is 1. The van der Waals surface area contributed by atoms with Gasteiger partial charge >= 0.3 is 0 Å². The van der Waals surface area contributed by atoms with E-state index in [1.807, 2.05) is 30.3 Å². The summed E-state index contributed by atoms with van der Waals surface area (Å²) in [6, 6.07) is 16.1. The monoisotopic (exact) mass is 345 g/mol. The maximum atomic E-state index is 10.5. The molecule has 3 aromatic rings. The van der Waals surface area contributed by atoms with Crippen LogP contribution in [0, 0.1) is 13.8 Å². The van der Waals surface area contributed by atoms with Crippen molar-refractivity contribution in [3.8, 4) is 0 Å². The molecule has 2 nitrogen and oxygen atoms in total. The van der Waals surface area contributed by atoms with Crippen LogP contribution >= 0.6 is 23.4 Å². The Kier molecular flexibility index (Phi) is 5.00. The molecule has 1 N–H and O–H groups in total. The molecule has 120 valence electrons. The van der Waals surface area contributed by atoms with Crippen molar-refractivity contribution in [2.24, 2.45) is 0 Å². The van der Waals surface area contributed by atoms with Crippen molar-refractivity contribution in [2.75, 3.05) is 5.75 Å². The Morgan fingerprint density at radius 3 is 2.57 bits per heavy atom. The zero-order chi connectivity index (χ0) is 16.4. The number of hydrogen-bond acceptors (Lipinski definition) is 2. The molecule has 1 unspecified atom stereocenters. The van der Waals surface area contributed by atoms with E-state index in [9.17, 15) is 5.11 Å². The lowest BCUT2D eigenvalue weighted by Crippen LogP contribution is -2.19. The van der Waals surface area contributed by atoms with Gasteiger partial charge in [0, 0.05) is 33.8 Å². The van der Waals surface area contributed by atoms with E-state index < -0.39 is 6.10 Å². The molecule has 23 heavy (non-hydrogen) atoms. The van der Waals surface area contributed by atoms with E-state index in [-0.39, 0.29) is 0 Å². The fourth-order valence-electron chi connectivity index (χ4n) is 2.85. The first-order chi connectivity index (χ1) is 11.1.